The average Bonchev–Trinajstić information content (AvgIpc) is 3.22. The molecule has 0 saturated carbocycles. The van der Waals surface area contributed by atoms with E-state index in [4.69, 9.17) is 4.42 Å². The first-order valence-corrected chi connectivity index (χ1v) is 8.09. The van der Waals surface area contributed by atoms with Crippen LogP contribution in [0.4, 0.5) is 10.1 Å². The van der Waals surface area contributed by atoms with Gasteiger partial charge < -0.3 is 9.73 Å². The maximum atomic E-state index is 13.6. The average molecular weight is 365 g/mol. The monoisotopic (exact) mass is 365 g/mol. The standard InChI is InChI=1S/C20H16FN3O3/c1-13(23-24-19(25)16-5-2-3-6-17(16)21)14-8-10-15(11-9-14)22-20(26)18-7-4-12-27-18/h2-12H,1H3,(H,22,26)(H,24,25). The number of hydrazone groups is 1. The number of halogens is 1. The molecule has 0 bridgehead atoms. The van der Waals surface area contributed by atoms with Crippen molar-refractivity contribution >= 4 is 23.2 Å². The van der Waals surface area contributed by atoms with Crippen molar-refractivity contribution in [3.8, 4) is 0 Å². The number of rotatable bonds is 5. The Hall–Kier alpha value is -3.74. The van der Waals surface area contributed by atoms with E-state index in [0.29, 0.717) is 11.4 Å². The zero-order valence-corrected chi connectivity index (χ0v) is 14.4. The Kier molecular flexibility index (Phi) is 5.41. The van der Waals surface area contributed by atoms with E-state index in [-0.39, 0.29) is 17.2 Å². The molecule has 3 aromatic rings. The lowest BCUT2D eigenvalue weighted by molar-refractivity contribution is 0.0949. The van der Waals surface area contributed by atoms with Crippen molar-refractivity contribution in [3.63, 3.8) is 0 Å². The van der Waals surface area contributed by atoms with Crippen LogP contribution in [0.25, 0.3) is 0 Å². The number of nitrogens with zero attached hydrogens (tertiary/aromatic N) is 1. The van der Waals surface area contributed by atoms with E-state index in [2.05, 4.69) is 15.8 Å². The summed E-state index contributed by atoms with van der Waals surface area (Å²) in [4.78, 5) is 23.9. The largest absolute Gasteiger partial charge is 0.459 e. The van der Waals surface area contributed by atoms with Crippen molar-refractivity contribution in [2.45, 2.75) is 6.92 Å². The molecule has 0 fully saturated rings. The molecule has 136 valence electrons. The van der Waals surface area contributed by atoms with Gasteiger partial charge in [-0.2, -0.15) is 5.10 Å². The smallest absolute Gasteiger partial charge is 0.291 e. The zero-order chi connectivity index (χ0) is 19.2. The first kappa shape index (κ1) is 18.1. The van der Waals surface area contributed by atoms with Crippen LogP contribution in [0.15, 0.2) is 76.4 Å². The Balaban J connectivity index is 1.64. The Bertz CT molecular complexity index is 980. The van der Waals surface area contributed by atoms with E-state index < -0.39 is 11.7 Å². The quantitative estimate of drug-likeness (QED) is 0.532. The number of amides is 2. The number of furan rings is 1. The summed E-state index contributed by atoms with van der Waals surface area (Å²) in [6, 6.07) is 15.8. The minimum absolute atomic E-state index is 0.0787. The van der Waals surface area contributed by atoms with Crippen LogP contribution in [0.5, 0.6) is 0 Å². The Morgan fingerprint density at radius 2 is 1.70 bits per heavy atom. The number of anilines is 1. The van der Waals surface area contributed by atoms with Crippen molar-refractivity contribution < 1.29 is 18.4 Å². The molecule has 0 unspecified atom stereocenters. The van der Waals surface area contributed by atoms with Crippen LogP contribution in [0.2, 0.25) is 0 Å². The molecule has 7 heteroatoms. The van der Waals surface area contributed by atoms with Crippen molar-refractivity contribution in [1.29, 1.82) is 0 Å². The van der Waals surface area contributed by atoms with Crippen LogP contribution in [0, 0.1) is 5.82 Å². The molecule has 2 amide bonds. The summed E-state index contributed by atoms with van der Waals surface area (Å²) in [6.07, 6.45) is 1.42. The van der Waals surface area contributed by atoms with Gasteiger partial charge in [-0.25, -0.2) is 9.82 Å². The molecule has 0 aliphatic rings. The molecule has 0 saturated heterocycles. The van der Waals surface area contributed by atoms with Gasteiger partial charge in [-0.05, 0) is 48.9 Å². The van der Waals surface area contributed by atoms with E-state index in [0.717, 1.165) is 5.56 Å². The van der Waals surface area contributed by atoms with Crippen LogP contribution in [0.1, 0.15) is 33.4 Å². The van der Waals surface area contributed by atoms with Crippen molar-refractivity contribution in [2.24, 2.45) is 5.10 Å². The van der Waals surface area contributed by atoms with Crippen LogP contribution >= 0.6 is 0 Å². The molecule has 0 radical (unpaired) electrons. The number of nitrogens with one attached hydrogen (secondary N) is 2. The molecule has 1 heterocycles. The van der Waals surface area contributed by atoms with Gasteiger partial charge in [-0.15, -0.1) is 0 Å². The molecular weight excluding hydrogens is 349 g/mol. The minimum atomic E-state index is -0.630. The maximum absolute atomic E-state index is 13.6. The first-order valence-electron chi connectivity index (χ1n) is 8.09. The van der Waals surface area contributed by atoms with Gasteiger partial charge in [0.2, 0.25) is 0 Å². The molecule has 0 atom stereocenters. The molecule has 27 heavy (non-hydrogen) atoms. The van der Waals surface area contributed by atoms with Gasteiger partial charge in [-0.3, -0.25) is 9.59 Å². The highest BCUT2D eigenvalue weighted by molar-refractivity contribution is 6.03. The van der Waals surface area contributed by atoms with E-state index >= 15 is 0 Å². The van der Waals surface area contributed by atoms with E-state index in [9.17, 15) is 14.0 Å². The van der Waals surface area contributed by atoms with Gasteiger partial charge in [0, 0.05) is 5.69 Å². The van der Waals surface area contributed by atoms with Crippen molar-refractivity contribution in [1.82, 2.24) is 5.43 Å². The maximum Gasteiger partial charge on any atom is 0.291 e. The van der Waals surface area contributed by atoms with Crippen LogP contribution in [0.3, 0.4) is 0 Å². The Morgan fingerprint density at radius 3 is 2.37 bits per heavy atom. The predicted octanol–water partition coefficient (Wildman–Crippen LogP) is 3.83. The lowest BCUT2D eigenvalue weighted by Gasteiger charge is -2.06. The number of benzene rings is 2. The molecule has 2 aromatic carbocycles. The molecule has 0 aliphatic carbocycles. The fourth-order valence-electron chi connectivity index (χ4n) is 2.30. The SMILES string of the molecule is CC(=NNC(=O)c1ccccc1F)c1ccc(NC(=O)c2ccco2)cc1. The number of carbonyl (C=O) groups excluding carboxylic acids is 2. The second kappa shape index (κ2) is 8.09. The summed E-state index contributed by atoms with van der Waals surface area (Å²) in [6.45, 7) is 1.71. The second-order valence-corrected chi connectivity index (χ2v) is 5.63. The third-order valence-electron chi connectivity index (χ3n) is 3.75. The fourth-order valence-corrected chi connectivity index (χ4v) is 2.30. The topological polar surface area (TPSA) is 83.7 Å². The van der Waals surface area contributed by atoms with E-state index in [1.54, 1.807) is 49.4 Å². The van der Waals surface area contributed by atoms with Gasteiger partial charge in [0.1, 0.15) is 5.82 Å². The lowest BCUT2D eigenvalue weighted by atomic mass is 10.1. The molecule has 3 rings (SSSR count). The van der Waals surface area contributed by atoms with Crippen LogP contribution in [-0.2, 0) is 0 Å². The summed E-state index contributed by atoms with van der Waals surface area (Å²) in [7, 11) is 0. The van der Waals surface area contributed by atoms with Gasteiger partial charge in [-0.1, -0.05) is 24.3 Å². The second-order valence-electron chi connectivity index (χ2n) is 5.63. The van der Waals surface area contributed by atoms with Crippen LogP contribution < -0.4 is 10.7 Å². The Labute approximate surface area is 154 Å². The van der Waals surface area contributed by atoms with Gasteiger partial charge in [0.25, 0.3) is 11.8 Å². The third-order valence-corrected chi connectivity index (χ3v) is 3.75. The summed E-state index contributed by atoms with van der Waals surface area (Å²) in [5.41, 5.74) is 4.11. The predicted molar refractivity (Wildman–Crippen MR) is 99.2 cm³/mol. The van der Waals surface area contributed by atoms with E-state index in [1.807, 2.05) is 0 Å². The normalized spacial score (nSPS) is 11.1. The fraction of sp³-hybridized carbons (Fsp3) is 0.0500. The van der Waals surface area contributed by atoms with Gasteiger partial charge in [0.15, 0.2) is 5.76 Å². The summed E-state index contributed by atoms with van der Waals surface area (Å²) in [5, 5.41) is 6.70. The summed E-state index contributed by atoms with van der Waals surface area (Å²) >= 11 is 0. The summed E-state index contributed by atoms with van der Waals surface area (Å²) < 4.78 is 18.6. The molecule has 0 aliphatic heterocycles. The molecule has 2 N–H and O–H groups in total. The number of hydrogen-bond donors (Lipinski definition) is 2. The Morgan fingerprint density at radius 1 is 0.963 bits per heavy atom. The number of hydrogen-bond acceptors (Lipinski definition) is 4. The van der Waals surface area contributed by atoms with Crippen molar-refractivity contribution in [3.05, 3.63) is 89.6 Å². The molecule has 6 nitrogen and oxygen atoms in total. The van der Waals surface area contributed by atoms with Crippen LogP contribution in [-0.4, -0.2) is 17.5 Å². The van der Waals surface area contributed by atoms with Gasteiger partial charge >= 0.3 is 0 Å². The van der Waals surface area contributed by atoms with E-state index in [1.165, 1.54) is 24.5 Å². The third kappa shape index (κ3) is 4.46. The zero-order valence-electron chi connectivity index (χ0n) is 14.4. The molecular formula is C20H16FN3O3. The highest BCUT2D eigenvalue weighted by Crippen LogP contribution is 2.13. The minimum Gasteiger partial charge on any atom is -0.459 e. The highest BCUT2D eigenvalue weighted by atomic mass is 19.1. The first-order chi connectivity index (χ1) is 13.0. The summed E-state index contributed by atoms with van der Waals surface area (Å²) in [5.74, 6) is -1.38. The molecule has 1 aromatic heterocycles. The number of carbonyl (C=O) groups is 2. The van der Waals surface area contributed by atoms with Crippen molar-refractivity contribution in [2.75, 3.05) is 5.32 Å². The lowest BCUT2D eigenvalue weighted by Crippen LogP contribution is -2.20. The molecule has 0 spiro atoms. The highest BCUT2D eigenvalue weighted by Gasteiger charge is 2.11. The van der Waals surface area contributed by atoms with Gasteiger partial charge in [0.05, 0.1) is 17.5 Å².